The summed E-state index contributed by atoms with van der Waals surface area (Å²) in [5.74, 6) is 0.641. The van der Waals surface area contributed by atoms with Gasteiger partial charge in [-0.15, -0.1) is 0 Å². The Morgan fingerprint density at radius 3 is 2.58 bits per heavy atom. The molecule has 0 saturated heterocycles. The van der Waals surface area contributed by atoms with Crippen LogP contribution in [0.3, 0.4) is 0 Å². The minimum absolute atomic E-state index is 0.443. The van der Waals surface area contributed by atoms with E-state index in [0.717, 1.165) is 25.7 Å². The molecule has 0 heterocycles. The van der Waals surface area contributed by atoms with Gasteiger partial charge in [0.15, 0.2) is 0 Å². The molecule has 1 aliphatic rings. The molecule has 1 atom stereocenters. The molecular weight excluding hydrogens is 150 g/mol. The molecule has 0 amide bonds. The van der Waals surface area contributed by atoms with Gasteiger partial charge < -0.3 is 10.4 Å². The molecule has 0 aromatic heterocycles. The van der Waals surface area contributed by atoms with Crippen LogP contribution in [0.2, 0.25) is 0 Å². The zero-order valence-corrected chi connectivity index (χ0v) is 8.06. The van der Waals surface area contributed by atoms with E-state index in [0.29, 0.717) is 11.8 Å². The lowest BCUT2D eigenvalue weighted by Crippen LogP contribution is -2.25. The van der Waals surface area contributed by atoms with Gasteiger partial charge in [0.25, 0.3) is 0 Å². The van der Waals surface area contributed by atoms with Gasteiger partial charge in [-0.3, -0.25) is 0 Å². The molecule has 1 saturated carbocycles. The number of hydrogen-bond acceptors (Lipinski definition) is 2. The van der Waals surface area contributed by atoms with E-state index in [1.807, 2.05) is 7.05 Å². The van der Waals surface area contributed by atoms with Crippen LogP contribution in [0.4, 0.5) is 0 Å². The molecule has 0 aromatic rings. The van der Waals surface area contributed by atoms with Crippen molar-refractivity contribution in [3.8, 4) is 0 Å². The third-order valence-electron chi connectivity index (χ3n) is 2.71. The van der Waals surface area contributed by atoms with Gasteiger partial charge in [-0.05, 0) is 38.3 Å². The lowest BCUT2D eigenvalue weighted by molar-refractivity contribution is 0.339. The van der Waals surface area contributed by atoms with Crippen LogP contribution < -0.4 is 5.32 Å². The molecule has 0 bridgehead atoms. The molecule has 2 N–H and O–H groups in total. The Bertz CT molecular complexity index is 165. The van der Waals surface area contributed by atoms with E-state index in [1.165, 1.54) is 12.0 Å². The van der Waals surface area contributed by atoms with Crippen molar-refractivity contribution in [3.05, 3.63) is 11.3 Å². The molecule has 0 spiro atoms. The van der Waals surface area contributed by atoms with Crippen molar-refractivity contribution >= 4 is 0 Å². The summed E-state index contributed by atoms with van der Waals surface area (Å²) in [5, 5.41) is 12.8. The number of aliphatic hydroxyl groups excluding tert-OH is 1. The SMILES string of the molecule is CCC(CC(O)=C1CCC1)NC. The Labute approximate surface area is 74.7 Å². The van der Waals surface area contributed by atoms with Crippen LogP contribution in [0, 0.1) is 0 Å². The molecule has 1 unspecified atom stereocenters. The zero-order chi connectivity index (χ0) is 8.97. The summed E-state index contributed by atoms with van der Waals surface area (Å²) in [6, 6.07) is 0.443. The summed E-state index contributed by atoms with van der Waals surface area (Å²) in [6.45, 7) is 2.14. The molecule has 1 rings (SSSR count). The predicted molar refractivity (Wildman–Crippen MR) is 51.3 cm³/mol. The maximum Gasteiger partial charge on any atom is 0.0930 e. The molecule has 2 heteroatoms. The van der Waals surface area contributed by atoms with Crippen molar-refractivity contribution in [3.63, 3.8) is 0 Å². The second kappa shape index (κ2) is 4.51. The fourth-order valence-electron chi connectivity index (χ4n) is 1.47. The van der Waals surface area contributed by atoms with Gasteiger partial charge in [0, 0.05) is 12.5 Å². The minimum Gasteiger partial charge on any atom is -0.512 e. The smallest absolute Gasteiger partial charge is 0.0930 e. The van der Waals surface area contributed by atoms with Crippen molar-refractivity contribution < 1.29 is 5.11 Å². The van der Waals surface area contributed by atoms with Crippen LogP contribution in [-0.2, 0) is 0 Å². The summed E-state index contributed by atoms with van der Waals surface area (Å²) in [7, 11) is 1.95. The lowest BCUT2D eigenvalue weighted by Gasteiger charge is -2.21. The highest BCUT2D eigenvalue weighted by atomic mass is 16.3. The molecule has 0 radical (unpaired) electrons. The monoisotopic (exact) mass is 169 g/mol. The van der Waals surface area contributed by atoms with E-state index >= 15 is 0 Å². The van der Waals surface area contributed by atoms with E-state index < -0.39 is 0 Å². The lowest BCUT2D eigenvalue weighted by atomic mass is 9.89. The highest BCUT2D eigenvalue weighted by Crippen LogP contribution is 2.29. The van der Waals surface area contributed by atoms with Crippen LogP contribution in [0.5, 0.6) is 0 Å². The quantitative estimate of drug-likeness (QED) is 0.633. The predicted octanol–water partition coefficient (Wildman–Crippen LogP) is 2.37. The maximum atomic E-state index is 9.64. The van der Waals surface area contributed by atoms with Gasteiger partial charge in [-0.1, -0.05) is 6.92 Å². The van der Waals surface area contributed by atoms with Gasteiger partial charge in [-0.25, -0.2) is 0 Å². The summed E-state index contributed by atoms with van der Waals surface area (Å²) >= 11 is 0. The highest BCUT2D eigenvalue weighted by Gasteiger charge is 2.15. The van der Waals surface area contributed by atoms with E-state index in [9.17, 15) is 5.11 Å². The zero-order valence-electron chi connectivity index (χ0n) is 8.06. The maximum absolute atomic E-state index is 9.64. The molecular formula is C10H19NO. The van der Waals surface area contributed by atoms with E-state index in [2.05, 4.69) is 12.2 Å². The first-order chi connectivity index (χ1) is 5.77. The second-order valence-corrected chi connectivity index (χ2v) is 3.50. The summed E-state index contributed by atoms with van der Waals surface area (Å²) in [5.41, 5.74) is 1.28. The van der Waals surface area contributed by atoms with Gasteiger partial charge >= 0.3 is 0 Å². The van der Waals surface area contributed by atoms with Crippen LogP contribution >= 0.6 is 0 Å². The van der Waals surface area contributed by atoms with Gasteiger partial charge in [0.1, 0.15) is 0 Å². The van der Waals surface area contributed by atoms with Crippen molar-refractivity contribution in [2.24, 2.45) is 0 Å². The van der Waals surface area contributed by atoms with Gasteiger partial charge in [0.2, 0.25) is 0 Å². The standard InChI is InChI=1S/C10H19NO/c1-3-9(11-2)7-10(12)8-5-4-6-8/h9,11-12H,3-7H2,1-2H3. The van der Waals surface area contributed by atoms with Crippen molar-refractivity contribution in [2.45, 2.75) is 45.1 Å². The second-order valence-electron chi connectivity index (χ2n) is 3.50. The normalized spacial score (nSPS) is 18.7. The first kappa shape index (κ1) is 9.59. The van der Waals surface area contributed by atoms with E-state index in [1.54, 1.807) is 0 Å². The minimum atomic E-state index is 0.443. The average molecular weight is 169 g/mol. The average Bonchev–Trinajstić information content (AvgIpc) is 1.96. The number of rotatable bonds is 4. The van der Waals surface area contributed by atoms with Crippen molar-refractivity contribution in [1.29, 1.82) is 0 Å². The highest BCUT2D eigenvalue weighted by molar-refractivity contribution is 5.14. The van der Waals surface area contributed by atoms with Gasteiger partial charge in [0.05, 0.1) is 5.76 Å². The Balaban J connectivity index is 2.38. The Morgan fingerprint density at radius 2 is 2.25 bits per heavy atom. The molecule has 70 valence electrons. The Hall–Kier alpha value is -0.500. The van der Waals surface area contributed by atoms with Crippen LogP contribution in [0.1, 0.15) is 39.0 Å². The molecule has 0 aromatic carbocycles. The number of nitrogens with one attached hydrogen (secondary N) is 1. The summed E-state index contributed by atoms with van der Waals surface area (Å²) in [4.78, 5) is 0. The first-order valence-electron chi connectivity index (χ1n) is 4.85. The number of allylic oxidation sites excluding steroid dienone is 1. The first-order valence-corrected chi connectivity index (χ1v) is 4.85. The molecule has 1 aliphatic carbocycles. The number of aliphatic hydroxyl groups is 1. The fraction of sp³-hybridized carbons (Fsp3) is 0.800. The van der Waals surface area contributed by atoms with Crippen LogP contribution in [0.25, 0.3) is 0 Å². The molecule has 2 nitrogen and oxygen atoms in total. The third-order valence-corrected chi connectivity index (χ3v) is 2.71. The molecule has 0 aliphatic heterocycles. The van der Waals surface area contributed by atoms with E-state index in [-0.39, 0.29) is 0 Å². The Kier molecular flexibility index (Phi) is 3.60. The van der Waals surface area contributed by atoms with Crippen molar-refractivity contribution in [1.82, 2.24) is 5.32 Å². The Morgan fingerprint density at radius 1 is 1.58 bits per heavy atom. The van der Waals surface area contributed by atoms with Crippen molar-refractivity contribution in [2.75, 3.05) is 7.05 Å². The number of hydrogen-bond donors (Lipinski definition) is 2. The van der Waals surface area contributed by atoms with Gasteiger partial charge in [-0.2, -0.15) is 0 Å². The fourth-order valence-corrected chi connectivity index (χ4v) is 1.47. The van der Waals surface area contributed by atoms with E-state index in [4.69, 9.17) is 0 Å². The third kappa shape index (κ3) is 2.24. The summed E-state index contributed by atoms with van der Waals surface area (Å²) < 4.78 is 0. The topological polar surface area (TPSA) is 32.3 Å². The molecule has 1 fully saturated rings. The summed E-state index contributed by atoms with van der Waals surface area (Å²) in [6.07, 6.45) is 5.38. The van der Waals surface area contributed by atoms with Crippen LogP contribution in [-0.4, -0.2) is 18.2 Å². The molecule has 12 heavy (non-hydrogen) atoms. The van der Waals surface area contributed by atoms with Crippen LogP contribution in [0.15, 0.2) is 11.3 Å². The largest absolute Gasteiger partial charge is 0.512 e.